The molecule has 1 saturated heterocycles. The van der Waals surface area contributed by atoms with Crippen molar-refractivity contribution in [1.29, 1.82) is 0 Å². The predicted octanol–water partition coefficient (Wildman–Crippen LogP) is 0.938. The van der Waals surface area contributed by atoms with E-state index >= 15 is 0 Å². The third kappa shape index (κ3) is 0.867. The van der Waals surface area contributed by atoms with Gasteiger partial charge in [-0.3, -0.25) is 0 Å². The Labute approximate surface area is 61.2 Å². The van der Waals surface area contributed by atoms with Crippen LogP contribution in [0.15, 0.2) is 0 Å². The van der Waals surface area contributed by atoms with E-state index in [-0.39, 0.29) is 5.60 Å². The minimum atomic E-state index is 0.146. The highest BCUT2D eigenvalue weighted by Crippen LogP contribution is 2.51. The summed E-state index contributed by atoms with van der Waals surface area (Å²) in [6.45, 7) is 1.23. The fourth-order valence-corrected chi connectivity index (χ4v) is 1.95. The van der Waals surface area contributed by atoms with Crippen LogP contribution in [0.5, 0.6) is 0 Å². The van der Waals surface area contributed by atoms with E-state index in [1.807, 2.05) is 0 Å². The highest BCUT2D eigenvalue weighted by molar-refractivity contribution is 5.05. The molecule has 1 aliphatic heterocycles. The van der Waals surface area contributed by atoms with Crippen LogP contribution < -0.4 is 0 Å². The summed E-state index contributed by atoms with van der Waals surface area (Å²) in [5, 5.41) is 8.84. The first kappa shape index (κ1) is 6.62. The van der Waals surface area contributed by atoms with E-state index in [0.717, 1.165) is 13.0 Å². The van der Waals surface area contributed by atoms with Gasteiger partial charge in [-0.25, -0.2) is 0 Å². The average Bonchev–Trinajstić information content (AvgIpc) is 2.65. The summed E-state index contributed by atoms with van der Waals surface area (Å²) in [4.78, 5) is 0. The van der Waals surface area contributed by atoms with E-state index in [4.69, 9.17) is 9.84 Å². The molecule has 0 aromatic heterocycles. The molecule has 2 aliphatic rings. The van der Waals surface area contributed by atoms with Crippen molar-refractivity contribution in [3.05, 3.63) is 0 Å². The fraction of sp³-hybridized carbons (Fsp3) is 1.00. The van der Waals surface area contributed by atoms with E-state index in [1.165, 1.54) is 19.3 Å². The minimum absolute atomic E-state index is 0.146. The van der Waals surface area contributed by atoms with Crippen LogP contribution in [0.1, 0.15) is 25.7 Å². The Kier molecular flexibility index (Phi) is 1.46. The Hall–Kier alpha value is -0.0800. The Bertz CT molecular complexity index is 127. The van der Waals surface area contributed by atoms with Gasteiger partial charge in [0, 0.05) is 19.1 Å². The molecule has 0 aromatic carbocycles. The van der Waals surface area contributed by atoms with Crippen molar-refractivity contribution < 1.29 is 9.84 Å². The Morgan fingerprint density at radius 1 is 1.50 bits per heavy atom. The third-order valence-electron chi connectivity index (χ3n) is 2.78. The summed E-state index contributed by atoms with van der Waals surface area (Å²) in [5.74, 6) is 0.466. The van der Waals surface area contributed by atoms with E-state index in [9.17, 15) is 0 Å². The van der Waals surface area contributed by atoms with E-state index in [0.29, 0.717) is 12.5 Å². The van der Waals surface area contributed by atoms with Crippen LogP contribution in [0.25, 0.3) is 0 Å². The predicted molar refractivity (Wildman–Crippen MR) is 37.7 cm³/mol. The lowest BCUT2D eigenvalue weighted by Gasteiger charge is -2.23. The minimum Gasteiger partial charge on any atom is -0.396 e. The van der Waals surface area contributed by atoms with E-state index in [1.54, 1.807) is 0 Å². The summed E-state index contributed by atoms with van der Waals surface area (Å²) in [6.07, 6.45) is 4.78. The first-order valence-electron chi connectivity index (χ1n) is 4.12. The molecule has 0 bridgehead atoms. The maximum Gasteiger partial charge on any atom is 0.0738 e. The van der Waals surface area contributed by atoms with Crippen LogP contribution in [-0.4, -0.2) is 23.9 Å². The smallest absolute Gasteiger partial charge is 0.0738 e. The van der Waals surface area contributed by atoms with Gasteiger partial charge in [0.15, 0.2) is 0 Å². The Morgan fingerprint density at radius 2 is 2.40 bits per heavy atom. The highest BCUT2D eigenvalue weighted by Gasteiger charge is 2.55. The molecule has 2 nitrogen and oxygen atoms in total. The summed E-state index contributed by atoms with van der Waals surface area (Å²) in [7, 11) is 0. The van der Waals surface area contributed by atoms with Gasteiger partial charge in [-0.05, 0) is 25.7 Å². The zero-order valence-electron chi connectivity index (χ0n) is 6.18. The van der Waals surface area contributed by atoms with Gasteiger partial charge >= 0.3 is 0 Å². The van der Waals surface area contributed by atoms with Crippen molar-refractivity contribution in [2.45, 2.75) is 31.3 Å². The molecule has 1 N–H and O–H groups in total. The number of ether oxygens (including phenoxy) is 1. The van der Waals surface area contributed by atoms with Crippen molar-refractivity contribution in [1.82, 2.24) is 0 Å². The quantitative estimate of drug-likeness (QED) is 0.590. The zero-order chi connectivity index (χ0) is 7.03. The van der Waals surface area contributed by atoms with Gasteiger partial charge in [0.25, 0.3) is 0 Å². The second-order valence-corrected chi connectivity index (χ2v) is 3.45. The van der Waals surface area contributed by atoms with Gasteiger partial charge < -0.3 is 9.84 Å². The first-order valence-corrected chi connectivity index (χ1v) is 4.12. The molecule has 2 rings (SSSR count). The lowest BCUT2D eigenvalue weighted by molar-refractivity contribution is -0.0211. The molecule has 2 heteroatoms. The lowest BCUT2D eigenvalue weighted by Crippen LogP contribution is -2.23. The van der Waals surface area contributed by atoms with E-state index in [2.05, 4.69) is 0 Å². The van der Waals surface area contributed by atoms with Crippen molar-refractivity contribution in [2.24, 2.45) is 5.92 Å². The maximum absolute atomic E-state index is 8.84. The molecule has 1 spiro atoms. The van der Waals surface area contributed by atoms with Crippen LogP contribution in [0.2, 0.25) is 0 Å². The molecule has 1 saturated carbocycles. The van der Waals surface area contributed by atoms with Crippen LogP contribution in [-0.2, 0) is 4.74 Å². The van der Waals surface area contributed by atoms with Crippen LogP contribution in [0, 0.1) is 5.92 Å². The molecule has 0 radical (unpaired) electrons. The monoisotopic (exact) mass is 142 g/mol. The Morgan fingerprint density at radius 3 is 2.90 bits per heavy atom. The average molecular weight is 142 g/mol. The van der Waals surface area contributed by atoms with Crippen LogP contribution in [0.4, 0.5) is 0 Å². The van der Waals surface area contributed by atoms with Gasteiger partial charge in [-0.1, -0.05) is 0 Å². The Balaban J connectivity index is 1.92. The molecule has 0 aromatic rings. The number of aliphatic hydroxyl groups is 1. The molecule has 58 valence electrons. The summed E-state index contributed by atoms with van der Waals surface area (Å²) >= 11 is 0. The summed E-state index contributed by atoms with van der Waals surface area (Å²) in [5.41, 5.74) is 0.146. The number of aliphatic hydroxyl groups excluding tert-OH is 1. The van der Waals surface area contributed by atoms with Crippen molar-refractivity contribution in [2.75, 3.05) is 13.2 Å². The second-order valence-electron chi connectivity index (χ2n) is 3.45. The molecular weight excluding hydrogens is 128 g/mol. The molecular formula is C8H14O2. The molecule has 2 fully saturated rings. The molecule has 10 heavy (non-hydrogen) atoms. The molecule has 1 aliphatic carbocycles. The normalized spacial score (nSPS) is 45.9. The third-order valence-corrected chi connectivity index (χ3v) is 2.78. The van der Waals surface area contributed by atoms with Gasteiger partial charge in [0.2, 0.25) is 0 Å². The molecule has 1 heterocycles. The zero-order valence-corrected chi connectivity index (χ0v) is 6.18. The molecule has 2 atom stereocenters. The maximum atomic E-state index is 8.84. The van der Waals surface area contributed by atoms with Crippen molar-refractivity contribution >= 4 is 0 Å². The lowest BCUT2D eigenvalue weighted by atomic mass is 10.1. The first-order chi connectivity index (χ1) is 4.87. The van der Waals surface area contributed by atoms with Crippen molar-refractivity contribution in [3.8, 4) is 0 Å². The van der Waals surface area contributed by atoms with Crippen LogP contribution >= 0.6 is 0 Å². The standard InChI is InChI=1S/C8H14O2/c9-6-7-5-8(7)3-1-2-4-10-8/h7,9H,1-6H2/t7-,8+/m1/s1. The number of hydrogen-bond acceptors (Lipinski definition) is 2. The van der Waals surface area contributed by atoms with Crippen LogP contribution in [0.3, 0.4) is 0 Å². The van der Waals surface area contributed by atoms with Gasteiger partial charge in [0.1, 0.15) is 0 Å². The van der Waals surface area contributed by atoms with Gasteiger partial charge in [-0.15, -0.1) is 0 Å². The largest absolute Gasteiger partial charge is 0.396 e. The summed E-state index contributed by atoms with van der Waals surface area (Å²) in [6, 6.07) is 0. The van der Waals surface area contributed by atoms with Crippen molar-refractivity contribution in [3.63, 3.8) is 0 Å². The SMILES string of the molecule is OC[C@H]1C[C@@]12CCCCO2. The summed E-state index contributed by atoms with van der Waals surface area (Å²) < 4.78 is 5.62. The second kappa shape index (κ2) is 2.21. The van der Waals surface area contributed by atoms with Gasteiger partial charge in [-0.2, -0.15) is 0 Å². The molecule has 0 amide bonds. The number of hydrogen-bond donors (Lipinski definition) is 1. The molecule has 0 unspecified atom stereocenters. The fourth-order valence-electron chi connectivity index (χ4n) is 1.95. The number of rotatable bonds is 1. The van der Waals surface area contributed by atoms with E-state index < -0.39 is 0 Å². The van der Waals surface area contributed by atoms with Gasteiger partial charge in [0.05, 0.1) is 5.60 Å². The topological polar surface area (TPSA) is 29.5 Å². The highest BCUT2D eigenvalue weighted by atomic mass is 16.5.